The maximum atomic E-state index is 12.5. The van der Waals surface area contributed by atoms with Crippen LogP contribution in [0.3, 0.4) is 0 Å². The van der Waals surface area contributed by atoms with Gasteiger partial charge in [0, 0.05) is 34.2 Å². The molecule has 0 aliphatic carbocycles. The number of piperazine rings is 1. The zero-order chi connectivity index (χ0) is 15.4. The van der Waals surface area contributed by atoms with E-state index in [1.54, 1.807) is 0 Å². The summed E-state index contributed by atoms with van der Waals surface area (Å²) in [6.07, 6.45) is 0. The lowest BCUT2D eigenvalue weighted by Crippen LogP contribution is -2.50. The van der Waals surface area contributed by atoms with Gasteiger partial charge in [-0.05, 0) is 40.8 Å². The van der Waals surface area contributed by atoms with Crippen molar-refractivity contribution in [2.45, 2.75) is 0 Å². The third-order valence-corrected chi connectivity index (χ3v) is 4.83. The molecule has 1 heterocycles. The van der Waals surface area contributed by atoms with Crippen LogP contribution in [-0.4, -0.2) is 61.5 Å². The number of halogens is 2. The molecule has 0 aromatic heterocycles. The van der Waals surface area contributed by atoms with Gasteiger partial charge in [-0.2, -0.15) is 0 Å². The van der Waals surface area contributed by atoms with Crippen molar-refractivity contribution in [3.8, 4) is 0 Å². The predicted octanol–water partition coefficient (Wildman–Crippen LogP) is 1.98. The van der Waals surface area contributed by atoms with Gasteiger partial charge in [-0.15, -0.1) is 0 Å². The van der Waals surface area contributed by atoms with Crippen LogP contribution in [0, 0.1) is 3.57 Å². The summed E-state index contributed by atoms with van der Waals surface area (Å²) in [6, 6.07) is 5.70. The van der Waals surface area contributed by atoms with Gasteiger partial charge in [0.05, 0.1) is 19.2 Å². The minimum atomic E-state index is -0.240. The fourth-order valence-corrected chi connectivity index (χ4v) is 3.12. The molecule has 0 spiro atoms. The molecule has 1 aliphatic heterocycles. The van der Waals surface area contributed by atoms with Crippen molar-refractivity contribution in [1.29, 1.82) is 0 Å². The third kappa shape index (κ3) is 4.40. The Kier molecular flexibility index (Phi) is 6.00. The number of hydrogen-bond donors (Lipinski definition) is 0. The van der Waals surface area contributed by atoms with E-state index in [0.29, 0.717) is 31.7 Å². The lowest BCUT2D eigenvalue weighted by Gasteiger charge is -2.34. The van der Waals surface area contributed by atoms with Crippen LogP contribution in [0.5, 0.6) is 0 Å². The van der Waals surface area contributed by atoms with Gasteiger partial charge in [0.15, 0.2) is 0 Å². The predicted molar refractivity (Wildman–Crippen MR) is 91.2 cm³/mol. The molecule has 5 nitrogen and oxygen atoms in total. The van der Waals surface area contributed by atoms with Gasteiger partial charge in [0.25, 0.3) is 5.91 Å². The molecule has 0 saturated carbocycles. The van der Waals surface area contributed by atoms with Gasteiger partial charge in [0.1, 0.15) is 0 Å². The van der Waals surface area contributed by atoms with E-state index >= 15 is 0 Å². The fourth-order valence-electron chi connectivity index (χ4n) is 2.19. The highest BCUT2D eigenvalue weighted by atomic mass is 127. The largest absolute Gasteiger partial charge is 0.468 e. The Morgan fingerprint density at radius 1 is 1.29 bits per heavy atom. The smallest absolute Gasteiger partial charge is 0.319 e. The molecule has 1 saturated heterocycles. The van der Waals surface area contributed by atoms with Crippen molar-refractivity contribution >= 4 is 50.4 Å². The topological polar surface area (TPSA) is 49.9 Å². The Hall–Kier alpha value is -0.670. The van der Waals surface area contributed by atoms with E-state index in [1.165, 1.54) is 7.11 Å². The SMILES string of the molecule is COC(=O)CN1CCN(C(=O)c2cc(Br)ccc2I)CC1. The standard InChI is InChI=1S/C14H16BrIN2O3/c1-21-13(19)9-17-4-6-18(7-5-17)14(20)11-8-10(15)2-3-12(11)16/h2-3,8H,4-7,9H2,1H3. The number of benzene rings is 1. The molecule has 0 unspecified atom stereocenters. The van der Waals surface area contributed by atoms with Crippen LogP contribution in [-0.2, 0) is 9.53 Å². The number of carbonyl (C=O) groups excluding carboxylic acids is 2. The van der Waals surface area contributed by atoms with Crippen molar-refractivity contribution in [1.82, 2.24) is 9.80 Å². The minimum Gasteiger partial charge on any atom is -0.468 e. The molecule has 1 aromatic rings. The van der Waals surface area contributed by atoms with Gasteiger partial charge in [-0.25, -0.2) is 0 Å². The van der Waals surface area contributed by atoms with E-state index in [1.807, 2.05) is 28.0 Å². The number of hydrogen-bond acceptors (Lipinski definition) is 4. The first kappa shape index (κ1) is 16.7. The van der Waals surface area contributed by atoms with Crippen LogP contribution in [0.2, 0.25) is 0 Å². The number of methoxy groups -OCH3 is 1. The first-order valence-electron chi connectivity index (χ1n) is 6.54. The molecule has 1 amide bonds. The highest BCUT2D eigenvalue weighted by Crippen LogP contribution is 2.20. The van der Waals surface area contributed by atoms with E-state index in [2.05, 4.69) is 43.3 Å². The lowest BCUT2D eigenvalue weighted by atomic mass is 10.2. The molecule has 0 atom stereocenters. The van der Waals surface area contributed by atoms with Crippen LogP contribution in [0.25, 0.3) is 0 Å². The van der Waals surface area contributed by atoms with Crippen LogP contribution < -0.4 is 0 Å². The van der Waals surface area contributed by atoms with E-state index in [-0.39, 0.29) is 18.4 Å². The van der Waals surface area contributed by atoms with Gasteiger partial charge in [-0.3, -0.25) is 14.5 Å². The summed E-state index contributed by atoms with van der Waals surface area (Å²) >= 11 is 5.57. The van der Waals surface area contributed by atoms with Crippen molar-refractivity contribution in [3.63, 3.8) is 0 Å². The number of rotatable bonds is 3. The van der Waals surface area contributed by atoms with Crippen LogP contribution in [0.15, 0.2) is 22.7 Å². The summed E-state index contributed by atoms with van der Waals surface area (Å²) in [4.78, 5) is 27.6. The van der Waals surface area contributed by atoms with Crippen molar-refractivity contribution in [2.75, 3.05) is 39.8 Å². The number of nitrogens with zero attached hydrogens (tertiary/aromatic N) is 2. The summed E-state index contributed by atoms with van der Waals surface area (Å²) in [5, 5.41) is 0. The van der Waals surface area contributed by atoms with Crippen LogP contribution in [0.1, 0.15) is 10.4 Å². The van der Waals surface area contributed by atoms with Crippen molar-refractivity contribution in [2.24, 2.45) is 0 Å². The zero-order valence-corrected chi connectivity index (χ0v) is 15.4. The average Bonchev–Trinajstić information content (AvgIpc) is 2.49. The summed E-state index contributed by atoms with van der Waals surface area (Å²) in [6.45, 7) is 2.90. The maximum Gasteiger partial charge on any atom is 0.319 e. The number of ether oxygens (including phenoxy) is 1. The minimum absolute atomic E-state index is 0.0402. The molecule has 1 fully saturated rings. The molecular formula is C14H16BrIN2O3. The van der Waals surface area contributed by atoms with Gasteiger partial charge in [-0.1, -0.05) is 15.9 Å². The van der Waals surface area contributed by atoms with Crippen molar-refractivity contribution in [3.05, 3.63) is 31.8 Å². The molecule has 0 bridgehead atoms. The highest BCUT2D eigenvalue weighted by Gasteiger charge is 2.24. The van der Waals surface area contributed by atoms with E-state index in [9.17, 15) is 9.59 Å². The van der Waals surface area contributed by atoms with Crippen molar-refractivity contribution < 1.29 is 14.3 Å². The summed E-state index contributed by atoms with van der Waals surface area (Å²) in [5.41, 5.74) is 0.714. The number of amides is 1. The quantitative estimate of drug-likeness (QED) is 0.505. The highest BCUT2D eigenvalue weighted by molar-refractivity contribution is 14.1. The monoisotopic (exact) mass is 466 g/mol. The Morgan fingerprint density at radius 3 is 2.57 bits per heavy atom. The molecule has 114 valence electrons. The molecule has 7 heteroatoms. The van der Waals surface area contributed by atoms with Crippen LogP contribution >= 0.6 is 38.5 Å². The zero-order valence-electron chi connectivity index (χ0n) is 11.6. The summed E-state index contributed by atoms with van der Waals surface area (Å²) in [5.74, 6) is -0.199. The fraction of sp³-hybridized carbons (Fsp3) is 0.429. The Bertz CT molecular complexity index is 545. The van der Waals surface area contributed by atoms with Gasteiger partial charge in [0.2, 0.25) is 0 Å². The first-order chi connectivity index (χ1) is 10.0. The number of esters is 1. The Balaban J connectivity index is 1.97. The molecule has 0 N–H and O–H groups in total. The lowest BCUT2D eigenvalue weighted by molar-refractivity contribution is -0.142. The van der Waals surface area contributed by atoms with E-state index in [4.69, 9.17) is 0 Å². The van der Waals surface area contributed by atoms with E-state index in [0.717, 1.165) is 8.04 Å². The molecule has 2 rings (SSSR count). The Morgan fingerprint density at radius 2 is 1.95 bits per heavy atom. The second kappa shape index (κ2) is 7.55. The summed E-state index contributed by atoms with van der Waals surface area (Å²) < 4.78 is 6.50. The van der Waals surface area contributed by atoms with Gasteiger partial charge >= 0.3 is 5.97 Å². The second-order valence-corrected chi connectivity index (χ2v) is 6.85. The normalized spacial score (nSPS) is 15.9. The number of carbonyl (C=O) groups is 2. The molecular weight excluding hydrogens is 451 g/mol. The molecule has 0 radical (unpaired) electrons. The average molecular weight is 467 g/mol. The first-order valence-corrected chi connectivity index (χ1v) is 8.42. The van der Waals surface area contributed by atoms with Crippen LogP contribution in [0.4, 0.5) is 0 Å². The Labute approximate surface area is 145 Å². The molecule has 21 heavy (non-hydrogen) atoms. The summed E-state index contributed by atoms with van der Waals surface area (Å²) in [7, 11) is 1.39. The molecule has 1 aromatic carbocycles. The maximum absolute atomic E-state index is 12.5. The molecule has 1 aliphatic rings. The second-order valence-electron chi connectivity index (χ2n) is 4.77. The van der Waals surface area contributed by atoms with E-state index < -0.39 is 0 Å². The third-order valence-electron chi connectivity index (χ3n) is 3.40. The van der Waals surface area contributed by atoms with Gasteiger partial charge < -0.3 is 9.64 Å².